The van der Waals surface area contributed by atoms with Crippen molar-refractivity contribution in [3.05, 3.63) is 76.5 Å². The first-order chi connectivity index (χ1) is 14.2. The molecule has 1 atom stereocenters. The largest absolute Gasteiger partial charge is 0.362 e. The number of dihydropyridines is 1. The molecule has 3 heterocycles. The Labute approximate surface area is 176 Å². The van der Waals surface area contributed by atoms with Crippen molar-refractivity contribution >= 4 is 17.5 Å². The van der Waals surface area contributed by atoms with Crippen LogP contribution in [0, 0.1) is 12.3 Å². The summed E-state index contributed by atoms with van der Waals surface area (Å²) in [6.45, 7) is 8.01. The minimum atomic E-state index is -0.504. The van der Waals surface area contributed by atoms with Gasteiger partial charge in [-0.1, -0.05) is 19.9 Å². The summed E-state index contributed by atoms with van der Waals surface area (Å²) in [5.74, 6) is -0.236. The van der Waals surface area contributed by atoms with Crippen LogP contribution in [-0.4, -0.2) is 21.7 Å². The molecule has 6 nitrogen and oxygen atoms in total. The Morgan fingerprint density at radius 3 is 2.63 bits per heavy atom. The summed E-state index contributed by atoms with van der Waals surface area (Å²) in [7, 11) is 0. The number of hydrogen-bond donors (Lipinski definition) is 2. The number of carbonyl (C=O) groups is 2. The molecule has 2 aromatic heterocycles. The van der Waals surface area contributed by atoms with Crippen molar-refractivity contribution in [2.45, 2.75) is 46.5 Å². The number of amides is 1. The maximum atomic E-state index is 13.4. The molecule has 2 aliphatic rings. The van der Waals surface area contributed by atoms with Crippen molar-refractivity contribution in [2.24, 2.45) is 5.41 Å². The van der Waals surface area contributed by atoms with Crippen molar-refractivity contribution < 1.29 is 9.59 Å². The van der Waals surface area contributed by atoms with Gasteiger partial charge in [-0.3, -0.25) is 14.6 Å². The number of nitrogens with zero attached hydrogens (tertiary/aromatic N) is 2. The van der Waals surface area contributed by atoms with E-state index in [1.165, 1.54) is 0 Å². The molecule has 1 aliphatic carbocycles. The standard InChI is InChI=1S/C24H26N4O2/c1-14-8-10-26-19(11-14)28-23(30)20-15(2)27-17-12-24(3,4)13-18(29)21(17)22(20)16-7-5-6-9-25-16/h5-11,22,27H,12-13H2,1-4H3,(H,26,28,30)/t22-/m1/s1. The number of hydrogen-bond acceptors (Lipinski definition) is 5. The average Bonchev–Trinajstić information content (AvgIpc) is 2.66. The minimum Gasteiger partial charge on any atom is -0.362 e. The molecule has 6 heteroatoms. The number of anilines is 1. The molecule has 154 valence electrons. The Balaban J connectivity index is 1.79. The molecule has 0 unspecified atom stereocenters. The van der Waals surface area contributed by atoms with Crippen LogP contribution >= 0.6 is 0 Å². The lowest BCUT2D eigenvalue weighted by atomic mass is 9.69. The number of aryl methyl sites for hydroxylation is 1. The van der Waals surface area contributed by atoms with Gasteiger partial charge in [0.2, 0.25) is 0 Å². The third kappa shape index (κ3) is 3.77. The molecule has 0 spiro atoms. The van der Waals surface area contributed by atoms with Crippen molar-refractivity contribution in [2.75, 3.05) is 5.32 Å². The monoisotopic (exact) mass is 402 g/mol. The molecule has 2 N–H and O–H groups in total. The van der Waals surface area contributed by atoms with Crippen LogP contribution in [0.1, 0.15) is 50.8 Å². The van der Waals surface area contributed by atoms with E-state index in [1.54, 1.807) is 12.4 Å². The summed E-state index contributed by atoms with van der Waals surface area (Å²) in [5, 5.41) is 6.26. The summed E-state index contributed by atoms with van der Waals surface area (Å²) in [5.41, 5.74) is 4.37. The summed E-state index contributed by atoms with van der Waals surface area (Å²) in [6, 6.07) is 9.28. The fraction of sp³-hybridized carbons (Fsp3) is 0.333. The maximum Gasteiger partial charge on any atom is 0.255 e. The molecule has 30 heavy (non-hydrogen) atoms. The van der Waals surface area contributed by atoms with Gasteiger partial charge >= 0.3 is 0 Å². The van der Waals surface area contributed by atoms with Gasteiger partial charge < -0.3 is 10.6 Å². The van der Waals surface area contributed by atoms with Gasteiger partial charge in [0, 0.05) is 41.4 Å². The Kier molecular flexibility index (Phi) is 5.02. The SMILES string of the molecule is CC1=C(C(=O)Nc2cc(C)ccn2)[C@@H](c2ccccn2)C2=C(CC(C)(C)CC2=O)N1. The van der Waals surface area contributed by atoms with E-state index in [1.807, 2.05) is 44.2 Å². The lowest BCUT2D eigenvalue weighted by Crippen LogP contribution is -2.39. The number of pyridine rings is 2. The number of Topliss-reactive ketones (excluding diaryl/α,β-unsaturated/α-hetero) is 1. The van der Waals surface area contributed by atoms with Crippen LogP contribution in [-0.2, 0) is 9.59 Å². The van der Waals surface area contributed by atoms with Crippen LogP contribution < -0.4 is 10.6 Å². The van der Waals surface area contributed by atoms with E-state index >= 15 is 0 Å². The smallest absolute Gasteiger partial charge is 0.255 e. The predicted molar refractivity (Wildman–Crippen MR) is 115 cm³/mol. The highest BCUT2D eigenvalue weighted by molar-refractivity contribution is 6.09. The molecule has 1 amide bonds. The van der Waals surface area contributed by atoms with Gasteiger partial charge in [-0.25, -0.2) is 4.98 Å². The van der Waals surface area contributed by atoms with Crippen molar-refractivity contribution in [1.29, 1.82) is 0 Å². The number of rotatable bonds is 3. The molecule has 0 radical (unpaired) electrons. The molecule has 4 rings (SSSR count). The molecule has 0 fully saturated rings. The van der Waals surface area contributed by atoms with Crippen molar-refractivity contribution in [1.82, 2.24) is 15.3 Å². The summed E-state index contributed by atoms with van der Waals surface area (Å²) in [4.78, 5) is 35.3. The second kappa shape index (κ2) is 7.52. The van der Waals surface area contributed by atoms with E-state index in [0.29, 0.717) is 29.1 Å². The number of ketones is 1. The fourth-order valence-electron chi connectivity index (χ4n) is 4.37. The molecule has 0 saturated heterocycles. The third-order valence-corrected chi connectivity index (χ3v) is 5.62. The second-order valence-electron chi connectivity index (χ2n) is 8.86. The van der Waals surface area contributed by atoms with Gasteiger partial charge in [0.05, 0.1) is 11.6 Å². The van der Waals surface area contributed by atoms with Gasteiger partial charge in [-0.15, -0.1) is 0 Å². The lowest BCUT2D eigenvalue weighted by molar-refractivity contribution is -0.118. The third-order valence-electron chi connectivity index (χ3n) is 5.62. The van der Waals surface area contributed by atoms with Crippen LogP contribution in [0.25, 0.3) is 0 Å². The van der Waals surface area contributed by atoms with Gasteiger partial charge in [-0.05, 0) is 55.5 Å². The molecule has 2 aromatic rings. The van der Waals surface area contributed by atoms with E-state index < -0.39 is 5.92 Å². The number of allylic oxidation sites excluding steroid dienone is 3. The van der Waals surface area contributed by atoms with Crippen LogP contribution in [0.4, 0.5) is 5.82 Å². The Morgan fingerprint density at radius 1 is 1.13 bits per heavy atom. The van der Waals surface area contributed by atoms with Crippen LogP contribution in [0.5, 0.6) is 0 Å². The van der Waals surface area contributed by atoms with Gasteiger partial charge in [0.15, 0.2) is 5.78 Å². The van der Waals surface area contributed by atoms with Crippen molar-refractivity contribution in [3.8, 4) is 0 Å². The Hall–Kier alpha value is -3.28. The zero-order valence-corrected chi connectivity index (χ0v) is 17.7. The minimum absolute atomic E-state index is 0.0656. The number of aromatic nitrogens is 2. The molecular weight excluding hydrogens is 376 g/mol. The highest BCUT2D eigenvalue weighted by atomic mass is 16.2. The first-order valence-corrected chi connectivity index (χ1v) is 10.1. The van der Waals surface area contributed by atoms with E-state index in [9.17, 15) is 9.59 Å². The van der Waals surface area contributed by atoms with Gasteiger partial charge in [0.25, 0.3) is 5.91 Å². The first-order valence-electron chi connectivity index (χ1n) is 10.1. The normalized spacial score (nSPS) is 20.5. The van der Waals surface area contributed by atoms with Crippen LogP contribution in [0.15, 0.2) is 65.3 Å². The van der Waals surface area contributed by atoms with E-state index in [4.69, 9.17) is 0 Å². The first kappa shape index (κ1) is 20.0. The fourth-order valence-corrected chi connectivity index (χ4v) is 4.37. The molecule has 0 saturated carbocycles. The topological polar surface area (TPSA) is 84.0 Å². The van der Waals surface area contributed by atoms with Crippen LogP contribution in [0.2, 0.25) is 0 Å². The highest BCUT2D eigenvalue weighted by Gasteiger charge is 2.43. The quantitative estimate of drug-likeness (QED) is 0.810. The predicted octanol–water partition coefficient (Wildman–Crippen LogP) is 4.03. The second-order valence-corrected chi connectivity index (χ2v) is 8.86. The zero-order valence-electron chi connectivity index (χ0n) is 17.7. The number of nitrogens with one attached hydrogen (secondary N) is 2. The summed E-state index contributed by atoms with van der Waals surface area (Å²) >= 11 is 0. The molecule has 1 aliphatic heterocycles. The zero-order chi connectivity index (χ0) is 21.5. The van der Waals surface area contributed by atoms with Gasteiger partial charge in [-0.2, -0.15) is 0 Å². The van der Waals surface area contributed by atoms with E-state index in [0.717, 1.165) is 23.4 Å². The lowest BCUT2D eigenvalue weighted by Gasteiger charge is -2.39. The molecular formula is C24H26N4O2. The average molecular weight is 402 g/mol. The summed E-state index contributed by atoms with van der Waals surface area (Å²) < 4.78 is 0. The maximum absolute atomic E-state index is 13.4. The molecule has 0 bridgehead atoms. The van der Waals surface area contributed by atoms with Gasteiger partial charge in [0.1, 0.15) is 5.82 Å². The Bertz CT molecular complexity index is 1080. The van der Waals surface area contributed by atoms with Crippen molar-refractivity contribution in [3.63, 3.8) is 0 Å². The number of carbonyl (C=O) groups excluding carboxylic acids is 2. The summed E-state index contributed by atoms with van der Waals surface area (Å²) in [6.07, 6.45) is 4.56. The van der Waals surface area contributed by atoms with E-state index in [-0.39, 0.29) is 17.1 Å². The molecule has 0 aromatic carbocycles. The Morgan fingerprint density at radius 2 is 1.93 bits per heavy atom. The van der Waals surface area contributed by atoms with Crippen LogP contribution in [0.3, 0.4) is 0 Å². The highest BCUT2D eigenvalue weighted by Crippen LogP contribution is 2.46. The van der Waals surface area contributed by atoms with E-state index in [2.05, 4.69) is 34.4 Å².